The zero-order chi connectivity index (χ0) is 10.8. The molecule has 76 valence electrons. The van der Waals surface area contributed by atoms with Crippen LogP contribution in [0, 0.1) is 12.7 Å². The summed E-state index contributed by atoms with van der Waals surface area (Å²) in [5.74, 6) is 0.347. The number of hydrogen-bond donors (Lipinski definition) is 1. The van der Waals surface area contributed by atoms with Gasteiger partial charge in [0, 0.05) is 11.8 Å². The minimum Gasteiger partial charge on any atom is -0.383 e. The molecule has 0 spiro atoms. The SMILES string of the molecule is Cc1cnc(-c2ccccc2F)nc1N. The largest absolute Gasteiger partial charge is 0.383 e. The molecule has 0 saturated carbocycles. The van der Waals surface area contributed by atoms with Gasteiger partial charge in [0.1, 0.15) is 11.6 Å². The highest BCUT2D eigenvalue weighted by atomic mass is 19.1. The maximum atomic E-state index is 13.4. The molecule has 2 aromatic rings. The number of hydrogen-bond acceptors (Lipinski definition) is 3. The number of benzene rings is 1. The Morgan fingerprint density at radius 2 is 2.00 bits per heavy atom. The van der Waals surface area contributed by atoms with Gasteiger partial charge in [-0.05, 0) is 19.1 Å². The molecule has 0 aliphatic rings. The summed E-state index contributed by atoms with van der Waals surface area (Å²) in [6, 6.07) is 6.35. The molecule has 0 saturated heterocycles. The van der Waals surface area contributed by atoms with Gasteiger partial charge in [0.15, 0.2) is 5.82 Å². The van der Waals surface area contributed by atoms with Crippen LogP contribution in [-0.4, -0.2) is 9.97 Å². The Kier molecular flexibility index (Phi) is 2.33. The Balaban J connectivity index is 2.55. The molecule has 1 heterocycles. The molecule has 0 unspecified atom stereocenters. The van der Waals surface area contributed by atoms with Crippen LogP contribution in [0.2, 0.25) is 0 Å². The van der Waals surface area contributed by atoms with Gasteiger partial charge in [0.2, 0.25) is 0 Å². The Morgan fingerprint density at radius 1 is 1.27 bits per heavy atom. The molecule has 2 N–H and O–H groups in total. The quantitative estimate of drug-likeness (QED) is 0.772. The molecular formula is C11H10FN3. The maximum Gasteiger partial charge on any atom is 0.164 e. The van der Waals surface area contributed by atoms with Crippen LogP contribution in [-0.2, 0) is 0 Å². The third kappa shape index (κ3) is 1.79. The lowest BCUT2D eigenvalue weighted by atomic mass is 10.2. The minimum atomic E-state index is -0.347. The fourth-order valence-corrected chi connectivity index (χ4v) is 1.23. The number of nitrogens with zero attached hydrogens (tertiary/aromatic N) is 2. The number of rotatable bonds is 1. The van der Waals surface area contributed by atoms with Crippen molar-refractivity contribution in [2.24, 2.45) is 0 Å². The third-order valence-corrected chi connectivity index (χ3v) is 2.13. The van der Waals surface area contributed by atoms with E-state index in [1.165, 1.54) is 6.07 Å². The first-order valence-electron chi connectivity index (χ1n) is 4.52. The van der Waals surface area contributed by atoms with Crippen molar-refractivity contribution >= 4 is 5.82 Å². The van der Waals surface area contributed by atoms with Crippen molar-refractivity contribution < 1.29 is 4.39 Å². The Bertz CT molecular complexity index is 497. The summed E-state index contributed by atoms with van der Waals surface area (Å²) in [5.41, 5.74) is 6.79. The summed E-state index contributed by atoms with van der Waals surface area (Å²) >= 11 is 0. The van der Waals surface area contributed by atoms with Gasteiger partial charge in [-0.15, -0.1) is 0 Å². The van der Waals surface area contributed by atoms with Gasteiger partial charge in [0.05, 0.1) is 5.56 Å². The first kappa shape index (κ1) is 9.58. The van der Waals surface area contributed by atoms with Crippen LogP contribution < -0.4 is 5.73 Å². The third-order valence-electron chi connectivity index (χ3n) is 2.13. The molecule has 0 atom stereocenters. The second-order valence-electron chi connectivity index (χ2n) is 3.24. The molecule has 15 heavy (non-hydrogen) atoms. The Labute approximate surface area is 86.8 Å². The Morgan fingerprint density at radius 3 is 2.67 bits per heavy atom. The van der Waals surface area contributed by atoms with Gasteiger partial charge >= 0.3 is 0 Å². The molecule has 1 aromatic heterocycles. The lowest BCUT2D eigenvalue weighted by molar-refractivity contribution is 0.630. The smallest absolute Gasteiger partial charge is 0.164 e. The highest BCUT2D eigenvalue weighted by Gasteiger charge is 2.07. The summed E-state index contributed by atoms with van der Waals surface area (Å²) in [5, 5.41) is 0. The molecule has 2 rings (SSSR count). The fraction of sp³-hybridized carbons (Fsp3) is 0.0909. The monoisotopic (exact) mass is 203 g/mol. The van der Waals surface area contributed by atoms with Gasteiger partial charge in [-0.2, -0.15) is 0 Å². The molecule has 1 aromatic carbocycles. The predicted molar refractivity (Wildman–Crippen MR) is 56.6 cm³/mol. The lowest BCUT2D eigenvalue weighted by Gasteiger charge is -2.03. The van der Waals surface area contributed by atoms with Crippen molar-refractivity contribution in [3.8, 4) is 11.4 Å². The molecule has 3 nitrogen and oxygen atoms in total. The van der Waals surface area contributed by atoms with Crippen molar-refractivity contribution in [3.63, 3.8) is 0 Å². The average molecular weight is 203 g/mol. The molecule has 0 bridgehead atoms. The summed E-state index contributed by atoms with van der Waals surface area (Å²) in [4.78, 5) is 8.07. The van der Waals surface area contributed by atoms with Crippen LogP contribution in [0.3, 0.4) is 0 Å². The summed E-state index contributed by atoms with van der Waals surface area (Å²) in [6.07, 6.45) is 1.59. The van der Waals surface area contributed by atoms with E-state index in [2.05, 4.69) is 9.97 Å². The van der Waals surface area contributed by atoms with Crippen LogP contribution >= 0.6 is 0 Å². The summed E-state index contributed by atoms with van der Waals surface area (Å²) < 4.78 is 13.4. The number of halogens is 1. The standard InChI is InChI=1S/C11H10FN3/c1-7-6-14-11(15-10(7)13)8-4-2-3-5-9(8)12/h2-6H,1H3,(H2,13,14,15). The second-order valence-corrected chi connectivity index (χ2v) is 3.24. The summed E-state index contributed by atoms with van der Waals surface area (Å²) in [6.45, 7) is 1.81. The van der Waals surface area contributed by atoms with Gasteiger partial charge in [-0.1, -0.05) is 12.1 Å². The molecule has 0 fully saturated rings. The van der Waals surface area contributed by atoms with Crippen LogP contribution in [0.4, 0.5) is 10.2 Å². The van der Waals surface area contributed by atoms with E-state index in [0.29, 0.717) is 17.2 Å². The van der Waals surface area contributed by atoms with E-state index in [4.69, 9.17) is 5.73 Å². The van der Waals surface area contributed by atoms with Gasteiger partial charge in [-0.3, -0.25) is 0 Å². The number of nitrogen functional groups attached to an aromatic ring is 1. The first-order valence-corrected chi connectivity index (χ1v) is 4.52. The fourth-order valence-electron chi connectivity index (χ4n) is 1.23. The molecular weight excluding hydrogens is 193 g/mol. The van der Waals surface area contributed by atoms with Gasteiger partial charge in [0.25, 0.3) is 0 Å². The maximum absolute atomic E-state index is 13.4. The molecule has 4 heteroatoms. The Hall–Kier alpha value is -1.97. The normalized spacial score (nSPS) is 10.3. The van der Waals surface area contributed by atoms with E-state index in [1.807, 2.05) is 0 Å². The first-order chi connectivity index (χ1) is 7.18. The molecule has 0 amide bonds. The number of aromatic nitrogens is 2. The van der Waals surface area contributed by atoms with E-state index in [1.54, 1.807) is 31.3 Å². The molecule has 0 aliphatic carbocycles. The van der Waals surface area contributed by atoms with E-state index in [9.17, 15) is 4.39 Å². The second kappa shape index (κ2) is 3.65. The van der Waals surface area contributed by atoms with Gasteiger partial charge in [-0.25, -0.2) is 14.4 Å². The summed E-state index contributed by atoms with van der Waals surface area (Å²) in [7, 11) is 0. The minimum absolute atomic E-state index is 0.316. The van der Waals surface area contributed by atoms with Crippen LogP contribution in [0.1, 0.15) is 5.56 Å². The topological polar surface area (TPSA) is 51.8 Å². The van der Waals surface area contributed by atoms with Crippen molar-refractivity contribution in [1.82, 2.24) is 9.97 Å². The number of anilines is 1. The van der Waals surface area contributed by atoms with Crippen molar-refractivity contribution in [2.45, 2.75) is 6.92 Å². The zero-order valence-corrected chi connectivity index (χ0v) is 8.24. The lowest BCUT2D eigenvalue weighted by Crippen LogP contribution is -1.99. The van der Waals surface area contributed by atoms with E-state index in [0.717, 1.165) is 5.56 Å². The van der Waals surface area contributed by atoms with Crippen LogP contribution in [0.25, 0.3) is 11.4 Å². The number of nitrogens with two attached hydrogens (primary N) is 1. The van der Waals surface area contributed by atoms with Gasteiger partial charge < -0.3 is 5.73 Å². The molecule has 0 aliphatic heterocycles. The van der Waals surface area contributed by atoms with Crippen LogP contribution in [0.15, 0.2) is 30.5 Å². The van der Waals surface area contributed by atoms with Crippen LogP contribution in [0.5, 0.6) is 0 Å². The highest BCUT2D eigenvalue weighted by molar-refractivity contribution is 5.57. The van der Waals surface area contributed by atoms with Crippen molar-refractivity contribution in [3.05, 3.63) is 41.8 Å². The molecule has 0 radical (unpaired) electrons. The van der Waals surface area contributed by atoms with E-state index < -0.39 is 0 Å². The van der Waals surface area contributed by atoms with Crippen molar-refractivity contribution in [2.75, 3.05) is 5.73 Å². The van der Waals surface area contributed by atoms with E-state index >= 15 is 0 Å². The zero-order valence-electron chi connectivity index (χ0n) is 8.24. The average Bonchev–Trinajstić information content (AvgIpc) is 2.23. The number of aryl methyl sites for hydroxylation is 1. The highest BCUT2D eigenvalue weighted by Crippen LogP contribution is 2.19. The van der Waals surface area contributed by atoms with E-state index in [-0.39, 0.29) is 5.82 Å². The van der Waals surface area contributed by atoms with Crippen molar-refractivity contribution in [1.29, 1.82) is 0 Å². The predicted octanol–water partition coefficient (Wildman–Crippen LogP) is 2.17.